The minimum absolute atomic E-state index is 0.886. The summed E-state index contributed by atoms with van der Waals surface area (Å²) in [5.41, 5.74) is 0. The molecule has 2 bridgehead atoms. The topological polar surface area (TPSA) is 17.1 Å². The van der Waals surface area contributed by atoms with E-state index < -0.39 is 7.14 Å². The molecule has 2 heteroatoms. The van der Waals surface area contributed by atoms with Gasteiger partial charge >= 0.3 is 0 Å². The molecule has 0 N–H and O–H groups in total. The van der Waals surface area contributed by atoms with Crippen molar-refractivity contribution >= 4 is 7.14 Å². The van der Waals surface area contributed by atoms with Crippen LogP contribution in [0, 0.1) is 11.8 Å². The van der Waals surface area contributed by atoms with Gasteiger partial charge in [-0.25, -0.2) is 0 Å². The second-order valence-electron chi connectivity index (χ2n) is 5.13. The zero-order valence-corrected chi connectivity index (χ0v) is 14.0. The Morgan fingerprint density at radius 2 is 1.44 bits per heavy atom. The number of rotatable bonds is 4. The molecule has 108 valence electrons. The van der Waals surface area contributed by atoms with Gasteiger partial charge in [-0.3, -0.25) is 0 Å². The molecule has 2 aliphatic carbocycles. The zero-order chi connectivity index (χ0) is 14.0. The van der Waals surface area contributed by atoms with E-state index in [2.05, 4.69) is 19.1 Å². The smallest absolute Gasteiger partial charge is 0.0872 e. The van der Waals surface area contributed by atoms with E-state index in [-0.39, 0.29) is 0 Å². The van der Waals surface area contributed by atoms with Gasteiger partial charge in [-0.1, -0.05) is 46.8 Å². The van der Waals surface area contributed by atoms with Crippen molar-refractivity contribution in [2.24, 2.45) is 11.8 Å². The van der Waals surface area contributed by atoms with Crippen LogP contribution in [0.3, 0.4) is 0 Å². The van der Waals surface area contributed by atoms with Gasteiger partial charge in [-0.15, -0.1) is 0 Å². The van der Waals surface area contributed by atoms with Gasteiger partial charge in [-0.05, 0) is 49.8 Å². The van der Waals surface area contributed by atoms with E-state index in [1.807, 2.05) is 27.7 Å². The first-order chi connectivity index (χ1) is 8.63. The largest absolute Gasteiger partial charge is 0.324 e. The van der Waals surface area contributed by atoms with Crippen LogP contribution in [0.1, 0.15) is 60.3 Å². The monoisotopic (exact) mass is 272 g/mol. The fourth-order valence-corrected chi connectivity index (χ4v) is 4.56. The van der Waals surface area contributed by atoms with Gasteiger partial charge < -0.3 is 4.57 Å². The van der Waals surface area contributed by atoms with Gasteiger partial charge in [0.25, 0.3) is 0 Å². The molecule has 0 heterocycles. The number of fused-ring (bicyclic) bond motifs is 2. The van der Waals surface area contributed by atoms with Gasteiger partial charge in [-0.2, -0.15) is 0 Å². The number of hydrogen-bond acceptors (Lipinski definition) is 1. The lowest BCUT2D eigenvalue weighted by molar-refractivity contribution is 0.575. The highest BCUT2D eigenvalue weighted by atomic mass is 31.2. The minimum atomic E-state index is -1.68. The zero-order valence-electron chi connectivity index (χ0n) is 13.1. The first-order valence-electron chi connectivity index (χ1n) is 7.89. The first-order valence-corrected chi connectivity index (χ1v) is 10.1. The number of hydrogen-bond donors (Lipinski definition) is 0. The molecular weight excluding hydrogens is 239 g/mol. The van der Waals surface area contributed by atoms with Crippen molar-refractivity contribution in [2.75, 3.05) is 18.5 Å². The summed E-state index contributed by atoms with van der Waals surface area (Å²) in [6.07, 6.45) is 13.0. The highest BCUT2D eigenvalue weighted by Crippen LogP contribution is 2.44. The predicted octanol–water partition coefficient (Wildman–Crippen LogP) is 5.80. The molecule has 0 radical (unpaired) electrons. The lowest BCUT2D eigenvalue weighted by atomic mass is 10.1. The van der Waals surface area contributed by atoms with Crippen LogP contribution < -0.4 is 0 Å². The standard InChI is InChI=1S/C7H17OP.C7H10.C2H6/c1-4-7-9(8,5-2)6-3;1-2-7-4-3-6(1)5-7;1-2/h4-7H2,1-3H3;1-2,6-7H,3-5H2;1-2H3. The Bertz CT molecular complexity index is 250. The van der Waals surface area contributed by atoms with E-state index in [1.54, 1.807) is 0 Å². The Hall–Kier alpha value is -0.0300. The van der Waals surface area contributed by atoms with E-state index >= 15 is 0 Å². The molecule has 18 heavy (non-hydrogen) atoms. The molecule has 2 unspecified atom stereocenters. The van der Waals surface area contributed by atoms with Crippen LogP contribution in [0.4, 0.5) is 0 Å². The maximum absolute atomic E-state index is 11.6. The summed E-state index contributed by atoms with van der Waals surface area (Å²) in [5, 5.41) is 0. The minimum Gasteiger partial charge on any atom is -0.324 e. The normalized spacial score (nSPS) is 24.1. The summed E-state index contributed by atoms with van der Waals surface area (Å²) in [7, 11) is -1.68. The van der Waals surface area contributed by atoms with E-state index in [0.29, 0.717) is 0 Å². The lowest BCUT2D eigenvalue weighted by Crippen LogP contribution is -1.93. The average Bonchev–Trinajstić information content (AvgIpc) is 3.07. The van der Waals surface area contributed by atoms with E-state index in [9.17, 15) is 4.57 Å². The second kappa shape index (κ2) is 9.84. The molecule has 0 aliphatic heterocycles. The maximum atomic E-state index is 11.6. The van der Waals surface area contributed by atoms with Crippen LogP contribution >= 0.6 is 7.14 Å². The number of allylic oxidation sites excluding steroid dienone is 2. The maximum Gasteiger partial charge on any atom is 0.0872 e. The van der Waals surface area contributed by atoms with E-state index in [4.69, 9.17) is 0 Å². The fourth-order valence-electron chi connectivity index (χ4n) is 2.66. The van der Waals surface area contributed by atoms with Gasteiger partial charge in [0, 0.05) is 6.16 Å². The fraction of sp³-hybridized carbons (Fsp3) is 0.875. The van der Waals surface area contributed by atoms with E-state index in [1.165, 1.54) is 19.3 Å². The Kier molecular flexibility index (Phi) is 9.83. The Morgan fingerprint density at radius 1 is 1.00 bits per heavy atom. The molecule has 0 amide bonds. The highest BCUT2D eigenvalue weighted by Gasteiger charge is 2.25. The molecule has 0 aromatic rings. The van der Waals surface area contributed by atoms with Gasteiger partial charge in [0.1, 0.15) is 0 Å². The van der Waals surface area contributed by atoms with Crippen molar-refractivity contribution < 1.29 is 4.57 Å². The second-order valence-corrected chi connectivity index (χ2v) is 8.96. The summed E-state index contributed by atoms with van der Waals surface area (Å²) in [6, 6.07) is 0. The van der Waals surface area contributed by atoms with Crippen molar-refractivity contribution in [3.8, 4) is 0 Å². The summed E-state index contributed by atoms with van der Waals surface area (Å²) in [5.74, 6) is 1.98. The first kappa shape index (κ1) is 18.0. The third-order valence-corrected chi connectivity index (χ3v) is 7.52. The summed E-state index contributed by atoms with van der Waals surface area (Å²) < 4.78 is 11.6. The van der Waals surface area contributed by atoms with Crippen LogP contribution in [0.25, 0.3) is 0 Å². The molecular formula is C16H33OP. The van der Waals surface area contributed by atoms with Gasteiger partial charge in [0.2, 0.25) is 0 Å². The van der Waals surface area contributed by atoms with Crippen LogP contribution in [0.15, 0.2) is 12.2 Å². The molecule has 2 rings (SSSR count). The molecule has 0 aromatic carbocycles. The van der Waals surface area contributed by atoms with Crippen LogP contribution in [-0.2, 0) is 4.57 Å². The Morgan fingerprint density at radius 3 is 1.56 bits per heavy atom. The predicted molar refractivity (Wildman–Crippen MR) is 85.2 cm³/mol. The molecule has 1 saturated carbocycles. The van der Waals surface area contributed by atoms with E-state index in [0.717, 1.165) is 36.7 Å². The molecule has 0 saturated heterocycles. The molecule has 0 spiro atoms. The van der Waals surface area contributed by atoms with Crippen molar-refractivity contribution in [2.45, 2.75) is 60.3 Å². The Labute approximate surface area is 115 Å². The summed E-state index contributed by atoms with van der Waals surface area (Å²) >= 11 is 0. The third-order valence-electron chi connectivity index (χ3n) is 3.95. The van der Waals surface area contributed by atoms with Crippen molar-refractivity contribution in [3.05, 3.63) is 12.2 Å². The molecule has 2 atom stereocenters. The molecule has 2 aliphatic rings. The average molecular weight is 272 g/mol. The van der Waals surface area contributed by atoms with Crippen LogP contribution in [0.2, 0.25) is 0 Å². The van der Waals surface area contributed by atoms with Crippen molar-refractivity contribution in [1.82, 2.24) is 0 Å². The lowest BCUT2D eigenvalue weighted by Gasteiger charge is -2.11. The SMILES string of the molecule is C1=CC2CCC1C2.CC.CCCP(=O)(CC)CC. The van der Waals surface area contributed by atoms with Crippen LogP contribution in [-0.4, -0.2) is 18.5 Å². The van der Waals surface area contributed by atoms with Gasteiger partial charge in [0.15, 0.2) is 0 Å². The molecule has 1 fully saturated rings. The highest BCUT2D eigenvalue weighted by molar-refractivity contribution is 7.63. The summed E-state index contributed by atoms with van der Waals surface area (Å²) in [6.45, 7) is 10.2. The third kappa shape index (κ3) is 6.23. The molecule has 1 nitrogen and oxygen atoms in total. The van der Waals surface area contributed by atoms with Crippen LogP contribution in [0.5, 0.6) is 0 Å². The van der Waals surface area contributed by atoms with Gasteiger partial charge in [0.05, 0.1) is 7.14 Å². The quantitative estimate of drug-likeness (QED) is 0.467. The van der Waals surface area contributed by atoms with Crippen molar-refractivity contribution in [1.29, 1.82) is 0 Å². The van der Waals surface area contributed by atoms with Crippen molar-refractivity contribution in [3.63, 3.8) is 0 Å². The molecule has 0 aromatic heterocycles. The Balaban J connectivity index is 0.000000285. The summed E-state index contributed by atoms with van der Waals surface area (Å²) in [4.78, 5) is 0.